The van der Waals surface area contributed by atoms with Crippen molar-refractivity contribution in [3.05, 3.63) is 60.2 Å². The number of nitrogens with zero attached hydrogens (tertiary/aromatic N) is 2. The third kappa shape index (κ3) is 8.60. The van der Waals surface area contributed by atoms with Crippen molar-refractivity contribution in [1.29, 1.82) is 0 Å². The zero-order valence-corrected chi connectivity index (χ0v) is 22.8. The van der Waals surface area contributed by atoms with Gasteiger partial charge in [0.2, 0.25) is 0 Å². The lowest BCUT2D eigenvalue weighted by Crippen LogP contribution is -2.44. The van der Waals surface area contributed by atoms with Crippen LogP contribution in [0.3, 0.4) is 0 Å². The van der Waals surface area contributed by atoms with Crippen molar-refractivity contribution in [3.63, 3.8) is 0 Å². The van der Waals surface area contributed by atoms with Crippen LogP contribution >= 0.6 is 0 Å². The molecule has 2 aromatic rings. The van der Waals surface area contributed by atoms with Gasteiger partial charge in [-0.05, 0) is 42.2 Å². The van der Waals surface area contributed by atoms with E-state index >= 15 is 0 Å². The van der Waals surface area contributed by atoms with Crippen LogP contribution in [-0.2, 0) is 26.4 Å². The largest absolute Gasteiger partial charge is 0.500 e. The van der Waals surface area contributed by atoms with Gasteiger partial charge in [0.15, 0.2) is 24.8 Å². The fraction of sp³-hybridized carbons (Fsp3) is 0.630. The Morgan fingerprint density at radius 3 is 1.76 bits per heavy atom. The molecule has 6 heteroatoms. The Balaban J connectivity index is 1.84. The number of aromatic nitrogens is 2. The van der Waals surface area contributed by atoms with Crippen LogP contribution in [0.2, 0.25) is 6.04 Å². The molecule has 0 amide bonds. The number of unbranched alkanes of at least 4 members (excludes halogenated alkanes) is 1. The Labute approximate surface area is 203 Å². The number of hydrogen-bond donors (Lipinski definition) is 0. The van der Waals surface area contributed by atoms with Crippen LogP contribution in [-0.4, -0.2) is 30.1 Å². The van der Waals surface area contributed by atoms with Gasteiger partial charge in [0.25, 0.3) is 0 Å². The molecule has 0 saturated heterocycles. The molecular formula is C27H46N2O3Si+2. The minimum absolute atomic E-state index is 0.558. The van der Waals surface area contributed by atoms with Crippen LogP contribution in [0.5, 0.6) is 0 Å². The monoisotopic (exact) mass is 474 g/mol. The smallest absolute Gasteiger partial charge is 0.377 e. The lowest BCUT2D eigenvalue weighted by molar-refractivity contribution is -0.697. The van der Waals surface area contributed by atoms with E-state index in [0.717, 1.165) is 25.6 Å². The predicted molar refractivity (Wildman–Crippen MR) is 135 cm³/mol. The summed E-state index contributed by atoms with van der Waals surface area (Å²) in [5.74, 6) is 1.19. The van der Waals surface area contributed by atoms with Crippen LogP contribution in [0.4, 0.5) is 0 Å². The maximum atomic E-state index is 5.52. The van der Waals surface area contributed by atoms with Gasteiger partial charge < -0.3 is 13.3 Å². The molecule has 184 valence electrons. The van der Waals surface area contributed by atoms with Crippen molar-refractivity contribution < 1.29 is 22.4 Å². The van der Waals surface area contributed by atoms with Crippen LogP contribution in [0.1, 0.15) is 82.3 Å². The molecule has 0 N–H and O–H groups in total. The van der Waals surface area contributed by atoms with E-state index in [-0.39, 0.29) is 0 Å². The third-order valence-corrected chi connectivity index (χ3v) is 9.75. The van der Waals surface area contributed by atoms with Crippen molar-refractivity contribution in [2.45, 2.75) is 90.3 Å². The average Bonchev–Trinajstić information content (AvgIpc) is 2.87. The van der Waals surface area contributed by atoms with Crippen LogP contribution in [0.25, 0.3) is 0 Å². The maximum absolute atomic E-state index is 5.52. The minimum atomic E-state index is -2.48. The van der Waals surface area contributed by atoms with Crippen LogP contribution in [0, 0.1) is 0 Å². The molecule has 0 aliphatic carbocycles. The molecule has 0 radical (unpaired) electrons. The van der Waals surface area contributed by atoms with E-state index in [2.05, 4.69) is 79.0 Å². The fourth-order valence-corrected chi connectivity index (χ4v) is 6.14. The summed E-state index contributed by atoms with van der Waals surface area (Å²) in [4.78, 5) is 0. The average molecular weight is 475 g/mol. The highest BCUT2D eigenvalue weighted by Gasteiger charge is 2.37. The van der Waals surface area contributed by atoms with Crippen molar-refractivity contribution in [3.8, 4) is 0 Å². The normalized spacial score (nSPS) is 13.8. The van der Waals surface area contributed by atoms with E-state index in [1.807, 2.05) is 0 Å². The SMILES string of the molecule is CCCC[n+]1ccc(C(CC)CCC(C)c2cc[n+](CCC[Si](OC)(OC)OC)cc2)cc1. The summed E-state index contributed by atoms with van der Waals surface area (Å²) in [6.45, 7) is 8.96. The Morgan fingerprint density at radius 2 is 1.27 bits per heavy atom. The Hall–Kier alpha value is -1.60. The summed E-state index contributed by atoms with van der Waals surface area (Å²) in [6, 6.07) is 10.0. The molecule has 0 aromatic carbocycles. The molecule has 0 aliphatic rings. The van der Waals surface area contributed by atoms with E-state index in [1.54, 1.807) is 21.3 Å². The first-order chi connectivity index (χ1) is 16.0. The zero-order valence-electron chi connectivity index (χ0n) is 21.8. The zero-order chi connectivity index (χ0) is 24.1. The Bertz CT molecular complexity index is 771. The first kappa shape index (κ1) is 27.6. The lowest BCUT2D eigenvalue weighted by Gasteiger charge is -2.23. The van der Waals surface area contributed by atoms with Crippen LogP contribution in [0.15, 0.2) is 49.1 Å². The lowest BCUT2D eigenvalue weighted by atomic mass is 9.87. The molecule has 0 fully saturated rings. The molecule has 0 bridgehead atoms. The number of hydrogen-bond acceptors (Lipinski definition) is 3. The number of pyridine rings is 2. The molecule has 2 aromatic heterocycles. The standard InChI is InChI=1S/C27H46N2O3Si/c1-7-9-17-28-21-15-27(16-22-28)25(8-2)12-11-24(3)26-13-19-29(20-14-26)18-10-23-33(30-4,31-5)32-6/h13-16,19-22,24-25H,7-12,17-18,23H2,1-6H3/q+2. The Morgan fingerprint density at radius 1 is 0.758 bits per heavy atom. The highest BCUT2D eigenvalue weighted by molar-refractivity contribution is 6.60. The second-order valence-electron chi connectivity index (χ2n) is 9.07. The quantitative estimate of drug-likeness (QED) is 0.241. The molecule has 2 rings (SSSR count). The first-order valence-electron chi connectivity index (χ1n) is 12.6. The van der Waals surface area contributed by atoms with Gasteiger partial charge in [-0.15, -0.1) is 0 Å². The van der Waals surface area contributed by atoms with Gasteiger partial charge in [-0.2, -0.15) is 0 Å². The van der Waals surface area contributed by atoms with Gasteiger partial charge >= 0.3 is 8.80 Å². The van der Waals surface area contributed by atoms with Gasteiger partial charge in [-0.1, -0.05) is 27.2 Å². The highest BCUT2D eigenvalue weighted by Crippen LogP contribution is 2.29. The van der Waals surface area contributed by atoms with Gasteiger partial charge in [0.1, 0.15) is 13.1 Å². The van der Waals surface area contributed by atoms with Crippen molar-refractivity contribution in [2.24, 2.45) is 0 Å². The van der Waals surface area contributed by atoms with Gasteiger partial charge in [0, 0.05) is 64.5 Å². The highest BCUT2D eigenvalue weighted by atomic mass is 28.4. The summed E-state index contributed by atoms with van der Waals surface area (Å²) in [5, 5.41) is 0. The van der Waals surface area contributed by atoms with E-state index in [9.17, 15) is 0 Å². The van der Waals surface area contributed by atoms with E-state index in [0.29, 0.717) is 11.8 Å². The van der Waals surface area contributed by atoms with Gasteiger partial charge in [-0.3, -0.25) is 0 Å². The summed E-state index contributed by atoms with van der Waals surface area (Å²) in [7, 11) is 2.54. The van der Waals surface area contributed by atoms with Crippen molar-refractivity contribution in [2.75, 3.05) is 21.3 Å². The van der Waals surface area contributed by atoms with Crippen LogP contribution < -0.4 is 9.13 Å². The predicted octanol–water partition coefficient (Wildman–Crippen LogP) is 5.41. The first-order valence-corrected chi connectivity index (χ1v) is 14.6. The summed E-state index contributed by atoms with van der Waals surface area (Å²) in [5.41, 5.74) is 2.90. The number of rotatable bonds is 16. The molecule has 0 aliphatic heterocycles. The minimum Gasteiger partial charge on any atom is -0.377 e. The van der Waals surface area contributed by atoms with Gasteiger partial charge in [-0.25, -0.2) is 9.13 Å². The molecule has 2 heterocycles. The topological polar surface area (TPSA) is 35.5 Å². The molecular weight excluding hydrogens is 428 g/mol. The molecule has 2 unspecified atom stereocenters. The fourth-order valence-electron chi connectivity index (χ4n) is 4.44. The summed E-state index contributed by atoms with van der Waals surface area (Å²) < 4.78 is 21.1. The Kier molecular flexibility index (Phi) is 12.2. The third-order valence-electron chi connectivity index (χ3n) is 6.92. The van der Waals surface area contributed by atoms with Crippen molar-refractivity contribution >= 4 is 8.80 Å². The van der Waals surface area contributed by atoms with Crippen molar-refractivity contribution in [1.82, 2.24) is 0 Å². The maximum Gasteiger partial charge on any atom is 0.500 e. The number of aryl methyl sites for hydroxylation is 2. The second-order valence-corrected chi connectivity index (χ2v) is 12.2. The van der Waals surface area contributed by atoms with E-state index in [1.165, 1.54) is 43.2 Å². The van der Waals surface area contributed by atoms with E-state index in [4.69, 9.17) is 13.3 Å². The summed E-state index contributed by atoms with van der Waals surface area (Å²) >= 11 is 0. The second kappa shape index (κ2) is 14.6. The molecule has 0 spiro atoms. The molecule has 33 heavy (non-hydrogen) atoms. The molecule has 0 saturated carbocycles. The molecule has 5 nitrogen and oxygen atoms in total. The molecule has 2 atom stereocenters. The van der Waals surface area contributed by atoms with E-state index < -0.39 is 8.80 Å². The summed E-state index contributed by atoms with van der Waals surface area (Å²) in [6.07, 6.45) is 16.0. The van der Waals surface area contributed by atoms with Gasteiger partial charge in [0.05, 0.1) is 0 Å².